The summed E-state index contributed by atoms with van der Waals surface area (Å²) >= 11 is 12.7. The van der Waals surface area contributed by atoms with Crippen LogP contribution in [0.2, 0.25) is 10.0 Å². The van der Waals surface area contributed by atoms with Crippen molar-refractivity contribution in [2.24, 2.45) is 5.92 Å². The van der Waals surface area contributed by atoms with Gasteiger partial charge in [-0.15, -0.1) is 0 Å². The lowest BCUT2D eigenvalue weighted by molar-refractivity contribution is -0.126. The number of para-hydroxylation sites is 2. The standard InChI is InChI=1S/C25H20Cl2N2O3/c1-2-15-11-13-16(14-12-15)21-20-23(32-29(21)17-7-4-3-5-8-17)25(31)28(24(20)30)22-18(26)9-6-10-19(22)27/h3-14,20-21,23H,2H2,1H3/t20-,21-,23-/m1/s1. The van der Waals surface area contributed by atoms with Crippen molar-refractivity contribution in [1.82, 2.24) is 0 Å². The van der Waals surface area contributed by atoms with Crippen LogP contribution < -0.4 is 9.96 Å². The number of carbonyl (C=O) groups is 2. The number of hydrogen-bond donors (Lipinski definition) is 0. The summed E-state index contributed by atoms with van der Waals surface area (Å²) in [5.74, 6) is -1.58. The molecule has 0 radical (unpaired) electrons. The van der Waals surface area contributed by atoms with Crippen molar-refractivity contribution in [3.8, 4) is 0 Å². The summed E-state index contributed by atoms with van der Waals surface area (Å²) < 4.78 is 0. The Balaban J connectivity index is 1.60. The van der Waals surface area contributed by atoms with Crippen molar-refractivity contribution in [2.75, 3.05) is 9.96 Å². The maximum Gasteiger partial charge on any atom is 0.266 e. The van der Waals surface area contributed by atoms with Crippen molar-refractivity contribution >= 4 is 46.4 Å². The Kier molecular flexibility index (Phi) is 5.41. The average molecular weight is 467 g/mol. The van der Waals surface area contributed by atoms with Crippen LogP contribution in [0.1, 0.15) is 24.1 Å². The lowest BCUT2D eigenvalue weighted by Crippen LogP contribution is -2.37. The first kappa shape index (κ1) is 21.0. The number of amides is 2. The first-order valence-electron chi connectivity index (χ1n) is 10.4. The van der Waals surface area contributed by atoms with Crippen LogP contribution in [0, 0.1) is 5.92 Å². The highest BCUT2D eigenvalue weighted by Gasteiger charge is 2.60. The predicted octanol–water partition coefficient (Wildman–Crippen LogP) is 5.61. The van der Waals surface area contributed by atoms with E-state index in [0.29, 0.717) is 0 Å². The van der Waals surface area contributed by atoms with E-state index in [2.05, 4.69) is 6.92 Å². The largest absolute Gasteiger partial charge is 0.273 e. The van der Waals surface area contributed by atoms with Gasteiger partial charge in [0.1, 0.15) is 5.92 Å². The van der Waals surface area contributed by atoms with Crippen LogP contribution in [0.4, 0.5) is 11.4 Å². The highest BCUT2D eigenvalue weighted by molar-refractivity contribution is 6.42. The van der Waals surface area contributed by atoms with E-state index in [9.17, 15) is 9.59 Å². The molecular weight excluding hydrogens is 447 g/mol. The monoisotopic (exact) mass is 466 g/mol. The zero-order valence-corrected chi connectivity index (χ0v) is 18.8. The van der Waals surface area contributed by atoms with Gasteiger partial charge in [0.2, 0.25) is 5.91 Å². The van der Waals surface area contributed by atoms with Gasteiger partial charge < -0.3 is 0 Å². The molecule has 32 heavy (non-hydrogen) atoms. The smallest absolute Gasteiger partial charge is 0.266 e. The molecule has 0 aromatic heterocycles. The number of halogens is 2. The molecular formula is C25H20Cl2N2O3. The molecule has 2 fully saturated rings. The molecule has 7 heteroatoms. The van der Waals surface area contributed by atoms with Crippen molar-refractivity contribution < 1.29 is 14.4 Å². The molecule has 3 aromatic rings. The second-order valence-electron chi connectivity index (χ2n) is 7.84. The zero-order chi connectivity index (χ0) is 22.4. The lowest BCUT2D eigenvalue weighted by atomic mass is 9.90. The van der Waals surface area contributed by atoms with Crippen LogP contribution in [-0.4, -0.2) is 17.9 Å². The number of carbonyl (C=O) groups excluding carboxylic acids is 2. The summed E-state index contributed by atoms with van der Waals surface area (Å²) in [6, 6.07) is 22.0. The van der Waals surface area contributed by atoms with Gasteiger partial charge in [-0.2, -0.15) is 0 Å². The summed E-state index contributed by atoms with van der Waals surface area (Å²) in [6.07, 6.45) is -0.0579. The van der Waals surface area contributed by atoms with Gasteiger partial charge in [0.15, 0.2) is 6.10 Å². The predicted molar refractivity (Wildman–Crippen MR) is 125 cm³/mol. The number of benzene rings is 3. The molecule has 2 amide bonds. The molecule has 2 aliphatic rings. The van der Waals surface area contributed by atoms with Gasteiger partial charge in [-0.05, 0) is 41.8 Å². The number of nitrogens with zero attached hydrogens (tertiary/aromatic N) is 2. The van der Waals surface area contributed by atoms with Crippen LogP contribution in [-0.2, 0) is 20.8 Å². The third-order valence-electron chi connectivity index (χ3n) is 6.02. The molecule has 162 valence electrons. The minimum Gasteiger partial charge on any atom is -0.273 e. The quantitative estimate of drug-likeness (QED) is 0.469. The SMILES string of the molecule is CCc1ccc([C@@H]2[C@H]3C(=O)N(c4c(Cl)cccc4Cl)C(=O)[C@@H]3ON2c2ccccc2)cc1. The molecule has 0 spiro atoms. The fourth-order valence-corrected chi connectivity index (χ4v) is 4.99. The topological polar surface area (TPSA) is 49.9 Å². The molecule has 3 aromatic carbocycles. The Bertz CT molecular complexity index is 1160. The number of anilines is 2. The number of hydroxylamine groups is 1. The number of imide groups is 1. The lowest BCUT2D eigenvalue weighted by Gasteiger charge is -2.29. The molecule has 2 heterocycles. The van der Waals surface area contributed by atoms with Crippen LogP contribution in [0.3, 0.4) is 0 Å². The number of rotatable bonds is 4. The summed E-state index contributed by atoms with van der Waals surface area (Å²) in [5.41, 5.74) is 3.06. The minimum atomic E-state index is -0.967. The molecule has 0 N–H and O–H groups in total. The van der Waals surface area contributed by atoms with Gasteiger partial charge in [-0.1, -0.05) is 78.7 Å². The van der Waals surface area contributed by atoms with Crippen LogP contribution in [0.25, 0.3) is 0 Å². The van der Waals surface area contributed by atoms with Gasteiger partial charge in [0.25, 0.3) is 5.91 Å². The van der Waals surface area contributed by atoms with Gasteiger partial charge in [-0.3, -0.25) is 14.4 Å². The van der Waals surface area contributed by atoms with Gasteiger partial charge in [-0.25, -0.2) is 9.96 Å². The molecule has 5 rings (SSSR count). The first-order valence-corrected chi connectivity index (χ1v) is 11.2. The molecule has 2 saturated heterocycles. The molecule has 5 nitrogen and oxygen atoms in total. The van der Waals surface area contributed by atoms with Gasteiger partial charge in [0, 0.05) is 0 Å². The van der Waals surface area contributed by atoms with Crippen LogP contribution >= 0.6 is 23.2 Å². The number of hydrogen-bond acceptors (Lipinski definition) is 4. The van der Waals surface area contributed by atoms with E-state index >= 15 is 0 Å². The van der Waals surface area contributed by atoms with E-state index in [0.717, 1.165) is 22.6 Å². The molecule has 0 bridgehead atoms. The fourth-order valence-electron chi connectivity index (χ4n) is 4.43. The normalized spacial score (nSPS) is 22.5. The van der Waals surface area contributed by atoms with Crippen molar-refractivity contribution in [3.05, 3.63) is 94.0 Å². The summed E-state index contributed by atoms with van der Waals surface area (Å²) in [7, 11) is 0. The maximum atomic E-state index is 13.7. The molecule has 2 aliphatic heterocycles. The molecule has 3 atom stereocenters. The Morgan fingerprint density at radius 2 is 1.50 bits per heavy atom. The maximum absolute atomic E-state index is 13.7. The number of aryl methyl sites for hydroxylation is 1. The van der Waals surface area contributed by atoms with E-state index in [1.807, 2.05) is 54.6 Å². The van der Waals surface area contributed by atoms with Gasteiger partial charge in [0.05, 0.1) is 27.5 Å². The van der Waals surface area contributed by atoms with E-state index in [4.69, 9.17) is 28.0 Å². The zero-order valence-electron chi connectivity index (χ0n) is 17.2. The van der Waals surface area contributed by atoms with Crippen molar-refractivity contribution in [3.63, 3.8) is 0 Å². The summed E-state index contributed by atoms with van der Waals surface area (Å²) in [6.45, 7) is 2.09. The van der Waals surface area contributed by atoms with Gasteiger partial charge >= 0.3 is 0 Å². The first-order chi connectivity index (χ1) is 15.5. The average Bonchev–Trinajstić information content (AvgIpc) is 3.31. The Hall–Kier alpha value is -2.86. The highest BCUT2D eigenvalue weighted by Crippen LogP contribution is 2.49. The third-order valence-corrected chi connectivity index (χ3v) is 6.63. The van der Waals surface area contributed by atoms with E-state index < -0.39 is 24.0 Å². The molecule has 0 unspecified atom stereocenters. The fraction of sp³-hybridized carbons (Fsp3) is 0.200. The Morgan fingerprint density at radius 3 is 2.12 bits per heavy atom. The Morgan fingerprint density at radius 1 is 0.844 bits per heavy atom. The van der Waals surface area contributed by atoms with E-state index in [1.54, 1.807) is 23.3 Å². The summed E-state index contributed by atoms with van der Waals surface area (Å²) in [5, 5.41) is 2.16. The van der Waals surface area contributed by atoms with E-state index in [-0.39, 0.29) is 21.6 Å². The van der Waals surface area contributed by atoms with E-state index in [1.165, 1.54) is 5.56 Å². The second kappa shape index (κ2) is 8.24. The second-order valence-corrected chi connectivity index (χ2v) is 8.65. The van der Waals surface area contributed by atoms with Crippen molar-refractivity contribution in [2.45, 2.75) is 25.5 Å². The van der Waals surface area contributed by atoms with Crippen LogP contribution in [0.15, 0.2) is 72.8 Å². The van der Waals surface area contributed by atoms with Crippen molar-refractivity contribution in [1.29, 1.82) is 0 Å². The van der Waals surface area contributed by atoms with Crippen LogP contribution in [0.5, 0.6) is 0 Å². The third kappa shape index (κ3) is 3.28. The molecule has 0 saturated carbocycles. The minimum absolute atomic E-state index is 0.204. The highest BCUT2D eigenvalue weighted by atomic mass is 35.5. The summed E-state index contributed by atoms with van der Waals surface area (Å²) in [4.78, 5) is 34.3. The number of fused-ring (bicyclic) bond motifs is 1. The molecule has 0 aliphatic carbocycles. The Labute approximate surface area is 196 Å².